The average Bonchev–Trinajstić information content (AvgIpc) is 2.98. The maximum Gasteiger partial charge on any atom is 0.251 e. The molecule has 0 aromatic heterocycles. The highest BCUT2D eigenvalue weighted by Crippen LogP contribution is 2.55. The van der Waals surface area contributed by atoms with Crippen LogP contribution in [0.15, 0.2) is 42.5 Å². The van der Waals surface area contributed by atoms with Crippen LogP contribution in [0.25, 0.3) is 0 Å². The molecule has 1 aliphatic carbocycles. The van der Waals surface area contributed by atoms with Crippen molar-refractivity contribution in [2.24, 2.45) is 16.7 Å². The molecule has 0 atom stereocenters. The van der Waals surface area contributed by atoms with Crippen LogP contribution >= 0.6 is 0 Å². The monoisotopic (exact) mass is 572 g/mol. The summed E-state index contributed by atoms with van der Waals surface area (Å²) in [7, 11) is 0. The largest absolute Gasteiger partial charge is 0.489 e. The summed E-state index contributed by atoms with van der Waals surface area (Å²) in [5.41, 5.74) is 2.62. The molecular weight excluding hydrogens is 528 g/mol. The quantitative estimate of drug-likeness (QED) is 0.521. The van der Waals surface area contributed by atoms with E-state index in [0.29, 0.717) is 37.1 Å². The molecule has 3 fully saturated rings. The van der Waals surface area contributed by atoms with E-state index in [-0.39, 0.29) is 46.8 Å². The third-order valence-electron chi connectivity index (χ3n) is 9.80. The molecular formula is C34H44N4O4. The second-order valence-electron chi connectivity index (χ2n) is 13.5. The van der Waals surface area contributed by atoms with E-state index in [2.05, 4.69) is 44.0 Å². The van der Waals surface area contributed by atoms with Crippen molar-refractivity contribution in [3.63, 3.8) is 0 Å². The Balaban J connectivity index is 1.15. The molecule has 2 saturated heterocycles. The van der Waals surface area contributed by atoms with E-state index >= 15 is 0 Å². The van der Waals surface area contributed by atoms with Crippen molar-refractivity contribution in [3.8, 4) is 11.8 Å². The molecule has 42 heavy (non-hydrogen) atoms. The molecule has 8 heteroatoms. The fourth-order valence-electron chi connectivity index (χ4n) is 7.54. The first-order valence-corrected chi connectivity index (χ1v) is 15.2. The summed E-state index contributed by atoms with van der Waals surface area (Å²) in [4.78, 5) is 30.5. The topological polar surface area (TPSA) is 106 Å². The molecule has 2 aromatic carbocycles. The van der Waals surface area contributed by atoms with Crippen LogP contribution in [0.1, 0.15) is 74.9 Å². The van der Waals surface area contributed by atoms with Gasteiger partial charge in [0, 0.05) is 60.2 Å². The summed E-state index contributed by atoms with van der Waals surface area (Å²) in [6.45, 7) is 13.3. The molecule has 0 radical (unpaired) electrons. The van der Waals surface area contributed by atoms with E-state index in [1.165, 1.54) is 0 Å². The van der Waals surface area contributed by atoms with Crippen molar-refractivity contribution in [1.82, 2.24) is 10.2 Å². The summed E-state index contributed by atoms with van der Waals surface area (Å²) in [5.74, 6) is 0.911. The van der Waals surface area contributed by atoms with E-state index in [9.17, 15) is 20.0 Å². The molecule has 2 N–H and O–H groups in total. The minimum Gasteiger partial charge on any atom is -0.489 e. The fraction of sp³-hybridized carbons (Fsp3) is 0.559. The van der Waals surface area contributed by atoms with Gasteiger partial charge < -0.3 is 25.0 Å². The summed E-state index contributed by atoms with van der Waals surface area (Å²) in [6.07, 6.45) is 2.60. The third kappa shape index (κ3) is 5.72. The number of ether oxygens (including phenoxy) is 1. The van der Waals surface area contributed by atoms with Gasteiger partial charge in [-0.25, -0.2) is 0 Å². The summed E-state index contributed by atoms with van der Waals surface area (Å²) >= 11 is 0. The van der Waals surface area contributed by atoms with E-state index in [1.807, 2.05) is 48.2 Å². The van der Waals surface area contributed by atoms with Crippen LogP contribution in [-0.2, 0) is 4.79 Å². The van der Waals surface area contributed by atoms with E-state index in [0.717, 1.165) is 42.9 Å². The Hall–Kier alpha value is -3.57. The fourth-order valence-corrected chi connectivity index (χ4v) is 7.54. The average molecular weight is 573 g/mol. The Kier molecular flexibility index (Phi) is 8.26. The lowest BCUT2D eigenvalue weighted by molar-refractivity contribution is -0.164. The molecule has 2 amide bonds. The minimum absolute atomic E-state index is 0.0458. The molecule has 2 heterocycles. The Morgan fingerprint density at radius 2 is 1.57 bits per heavy atom. The number of hydrogen-bond acceptors (Lipinski definition) is 6. The highest BCUT2D eigenvalue weighted by atomic mass is 16.5. The number of aliphatic hydroxyl groups excluding tert-OH is 1. The number of likely N-dealkylation sites (tertiary alicyclic amines) is 1. The van der Waals surface area contributed by atoms with Crippen LogP contribution in [0, 0.1) is 35.0 Å². The Morgan fingerprint density at radius 1 is 0.952 bits per heavy atom. The Morgan fingerprint density at radius 3 is 2.14 bits per heavy atom. The number of amides is 2. The maximum absolute atomic E-state index is 13.3. The number of anilines is 1. The lowest BCUT2D eigenvalue weighted by Crippen LogP contribution is -2.74. The highest BCUT2D eigenvalue weighted by molar-refractivity contribution is 5.95. The highest BCUT2D eigenvalue weighted by Gasteiger charge is 2.64. The molecule has 3 aliphatic rings. The number of aliphatic hydroxyl groups is 1. The number of hydrogen-bond donors (Lipinski definition) is 2. The summed E-state index contributed by atoms with van der Waals surface area (Å²) in [5, 5.41) is 22.2. The van der Waals surface area contributed by atoms with Gasteiger partial charge in [0.05, 0.1) is 17.7 Å². The number of nitriles is 1. The van der Waals surface area contributed by atoms with Crippen LogP contribution in [-0.4, -0.2) is 66.2 Å². The lowest BCUT2D eigenvalue weighted by Gasteiger charge is -2.63. The number of nitrogens with one attached hydrogen (secondary N) is 1. The van der Waals surface area contributed by atoms with Gasteiger partial charge in [-0.15, -0.1) is 0 Å². The first kappa shape index (κ1) is 29.9. The van der Waals surface area contributed by atoms with Crippen molar-refractivity contribution in [3.05, 3.63) is 59.2 Å². The summed E-state index contributed by atoms with van der Waals surface area (Å²) < 4.78 is 6.42. The molecule has 2 aliphatic heterocycles. The van der Waals surface area contributed by atoms with Crippen LogP contribution in [0.3, 0.4) is 0 Å². The Bertz CT molecular complexity index is 1330. The molecule has 0 unspecified atom stereocenters. The van der Waals surface area contributed by atoms with Gasteiger partial charge in [0.2, 0.25) is 5.91 Å². The smallest absolute Gasteiger partial charge is 0.251 e. The molecule has 0 spiro atoms. The van der Waals surface area contributed by atoms with Crippen molar-refractivity contribution < 1.29 is 19.4 Å². The van der Waals surface area contributed by atoms with Crippen molar-refractivity contribution in [1.29, 1.82) is 5.26 Å². The van der Waals surface area contributed by atoms with Gasteiger partial charge in [-0.3, -0.25) is 9.59 Å². The number of carbonyl (C=O) groups excluding carboxylic acids is 2. The third-order valence-corrected chi connectivity index (χ3v) is 9.80. The molecule has 8 nitrogen and oxygen atoms in total. The number of nitrogens with zero attached hydrogens (tertiary/aromatic N) is 3. The van der Waals surface area contributed by atoms with Gasteiger partial charge in [0.15, 0.2) is 0 Å². The number of aryl methyl sites for hydroxylation is 1. The van der Waals surface area contributed by atoms with E-state index in [1.54, 1.807) is 6.07 Å². The van der Waals surface area contributed by atoms with Crippen LogP contribution in [0.5, 0.6) is 5.75 Å². The molecule has 0 bridgehead atoms. The maximum atomic E-state index is 13.3. The molecule has 1 saturated carbocycles. The predicted molar refractivity (Wildman–Crippen MR) is 162 cm³/mol. The minimum atomic E-state index is -0.295. The van der Waals surface area contributed by atoms with Gasteiger partial charge >= 0.3 is 0 Å². The van der Waals surface area contributed by atoms with Crippen molar-refractivity contribution in [2.75, 3.05) is 31.1 Å². The number of rotatable bonds is 6. The normalized spacial score (nSPS) is 23.9. The predicted octanol–water partition coefficient (Wildman–Crippen LogP) is 4.68. The SMILES string of the molecule is Cc1cc(OC2C(C)(C)C(NC(=O)c3ccc(N4CCC(C(=O)N5CCC(O)CC5)CC4)cc3)C2(C)C)ccc1C#N. The van der Waals surface area contributed by atoms with Gasteiger partial charge in [-0.2, -0.15) is 5.26 Å². The van der Waals surface area contributed by atoms with Gasteiger partial charge in [0.25, 0.3) is 5.91 Å². The van der Waals surface area contributed by atoms with Gasteiger partial charge in [-0.05, 0) is 80.6 Å². The number of carbonyl (C=O) groups is 2. The second-order valence-corrected chi connectivity index (χ2v) is 13.5. The zero-order valence-electron chi connectivity index (χ0n) is 25.5. The number of benzene rings is 2. The zero-order chi connectivity index (χ0) is 30.2. The van der Waals surface area contributed by atoms with Crippen LogP contribution in [0.4, 0.5) is 5.69 Å². The molecule has 224 valence electrons. The molecule has 2 aromatic rings. The molecule has 5 rings (SSSR count). The zero-order valence-corrected chi connectivity index (χ0v) is 25.5. The second kappa shape index (κ2) is 11.6. The standard InChI is InChI=1S/C34H44N4O4/c1-22-20-28(11-8-25(22)21-35)42-32-33(2,3)31(34(32,4)5)36-29(40)23-6-9-26(10-7-23)37-16-12-24(13-17-37)30(41)38-18-14-27(39)15-19-38/h6-11,20,24,27,31-32,39H,12-19H2,1-5H3,(H,36,40). The first-order chi connectivity index (χ1) is 19.9. The van der Waals surface area contributed by atoms with Crippen LogP contribution < -0.4 is 15.0 Å². The number of piperidine rings is 2. The first-order valence-electron chi connectivity index (χ1n) is 15.2. The lowest BCUT2D eigenvalue weighted by atomic mass is 9.49. The van der Waals surface area contributed by atoms with Crippen molar-refractivity contribution in [2.45, 2.75) is 78.6 Å². The van der Waals surface area contributed by atoms with E-state index in [4.69, 9.17) is 4.74 Å². The van der Waals surface area contributed by atoms with Crippen LogP contribution in [0.2, 0.25) is 0 Å². The van der Waals surface area contributed by atoms with Crippen molar-refractivity contribution >= 4 is 17.5 Å². The van der Waals surface area contributed by atoms with Gasteiger partial charge in [-0.1, -0.05) is 27.7 Å². The summed E-state index contributed by atoms with van der Waals surface area (Å²) in [6, 6.07) is 15.4. The van der Waals surface area contributed by atoms with Gasteiger partial charge in [0.1, 0.15) is 11.9 Å². The van der Waals surface area contributed by atoms with E-state index < -0.39 is 0 Å². The Labute approximate surface area is 249 Å².